The monoisotopic (exact) mass is 280 g/mol. The third-order valence-electron chi connectivity index (χ3n) is 5.54. The van der Waals surface area contributed by atoms with E-state index in [0.29, 0.717) is 16.9 Å². The highest BCUT2D eigenvalue weighted by atomic mass is 32.2. The van der Waals surface area contributed by atoms with Gasteiger partial charge in [0, 0.05) is 18.3 Å². The van der Waals surface area contributed by atoms with E-state index in [0.717, 1.165) is 6.54 Å². The Hall–Kier alpha value is -0.180. The van der Waals surface area contributed by atoms with E-state index in [4.69, 9.17) is 4.99 Å². The average Bonchev–Trinajstić information content (AvgIpc) is 2.73. The van der Waals surface area contributed by atoms with Crippen molar-refractivity contribution in [1.82, 2.24) is 5.32 Å². The third kappa shape index (κ3) is 2.96. The highest BCUT2D eigenvalue weighted by Crippen LogP contribution is 2.42. The summed E-state index contributed by atoms with van der Waals surface area (Å²) in [5, 5.41) is 4.98. The normalized spacial score (nSPS) is 33.2. The lowest BCUT2D eigenvalue weighted by atomic mass is 9.75. The summed E-state index contributed by atoms with van der Waals surface area (Å²) in [6, 6.07) is 0.638. The highest BCUT2D eigenvalue weighted by molar-refractivity contribution is 8.13. The van der Waals surface area contributed by atoms with Gasteiger partial charge in [-0.3, -0.25) is 4.99 Å². The summed E-state index contributed by atoms with van der Waals surface area (Å²) in [6.07, 6.45) is 11.1. The van der Waals surface area contributed by atoms with Crippen LogP contribution in [-0.4, -0.2) is 23.5 Å². The lowest BCUT2D eigenvalue weighted by Gasteiger charge is -2.39. The number of thioether (sulfide) groups is 1. The second kappa shape index (κ2) is 5.31. The van der Waals surface area contributed by atoms with Crippen LogP contribution in [0, 0.1) is 10.8 Å². The molecule has 1 heterocycles. The number of nitrogens with one attached hydrogen (secondary N) is 1. The lowest BCUT2D eigenvalue weighted by molar-refractivity contribution is 0.231. The van der Waals surface area contributed by atoms with Crippen LogP contribution in [0.25, 0.3) is 0 Å². The van der Waals surface area contributed by atoms with Crippen molar-refractivity contribution in [1.29, 1.82) is 0 Å². The van der Waals surface area contributed by atoms with E-state index in [-0.39, 0.29) is 0 Å². The zero-order valence-corrected chi connectivity index (χ0v) is 13.3. The molecule has 0 aromatic heterocycles. The maximum Gasteiger partial charge on any atom is 0.156 e. The van der Waals surface area contributed by atoms with Crippen molar-refractivity contribution < 1.29 is 0 Å². The van der Waals surface area contributed by atoms with Crippen molar-refractivity contribution in [3.05, 3.63) is 0 Å². The first-order valence-corrected chi connectivity index (χ1v) is 9.02. The first-order chi connectivity index (χ1) is 9.10. The fraction of sp³-hybridized carbons (Fsp3) is 0.938. The van der Waals surface area contributed by atoms with Gasteiger partial charge in [-0.05, 0) is 36.5 Å². The molecule has 3 aliphatic rings. The standard InChI is InChI=1S/C16H28N2S/c1-15(2)8-6-7-13(15)18-14-17-11-16(12-19-14)9-4-3-5-10-16/h13H,3-12H2,1-2H3,(H,17,18). The average molecular weight is 280 g/mol. The number of nitrogens with zero attached hydrogens (tertiary/aromatic N) is 1. The van der Waals surface area contributed by atoms with E-state index in [2.05, 4.69) is 19.2 Å². The molecule has 1 atom stereocenters. The van der Waals surface area contributed by atoms with E-state index in [1.807, 2.05) is 11.8 Å². The first kappa shape index (κ1) is 13.8. The molecule has 1 spiro atoms. The van der Waals surface area contributed by atoms with Gasteiger partial charge in [0.25, 0.3) is 0 Å². The van der Waals surface area contributed by atoms with Crippen LogP contribution in [0.4, 0.5) is 0 Å². The van der Waals surface area contributed by atoms with Gasteiger partial charge in [-0.2, -0.15) is 0 Å². The number of hydrogen-bond donors (Lipinski definition) is 1. The van der Waals surface area contributed by atoms with Crippen LogP contribution in [0.1, 0.15) is 65.2 Å². The summed E-state index contributed by atoms with van der Waals surface area (Å²) >= 11 is 2.00. The SMILES string of the molecule is CC1(C)CCCC1NC1=NCC2(CCCCC2)CS1. The van der Waals surface area contributed by atoms with Crippen LogP contribution in [-0.2, 0) is 0 Å². The molecule has 0 amide bonds. The second-order valence-corrected chi connectivity index (χ2v) is 8.51. The molecule has 1 aliphatic heterocycles. The Morgan fingerprint density at radius 1 is 1.11 bits per heavy atom. The van der Waals surface area contributed by atoms with Gasteiger partial charge in [-0.15, -0.1) is 0 Å². The summed E-state index contributed by atoms with van der Waals surface area (Å²) in [4.78, 5) is 4.90. The molecular weight excluding hydrogens is 252 g/mol. The fourth-order valence-electron chi connectivity index (χ4n) is 3.99. The molecule has 19 heavy (non-hydrogen) atoms. The van der Waals surface area contributed by atoms with Crippen molar-refractivity contribution in [2.75, 3.05) is 12.3 Å². The van der Waals surface area contributed by atoms with Crippen LogP contribution >= 0.6 is 11.8 Å². The maximum absolute atomic E-state index is 4.90. The topological polar surface area (TPSA) is 24.4 Å². The minimum atomic E-state index is 0.447. The molecule has 108 valence electrons. The van der Waals surface area contributed by atoms with Crippen LogP contribution in [0.5, 0.6) is 0 Å². The van der Waals surface area contributed by atoms with Gasteiger partial charge in [-0.1, -0.05) is 51.3 Å². The molecule has 2 fully saturated rings. The summed E-state index contributed by atoms with van der Waals surface area (Å²) in [7, 11) is 0. The predicted octanol–water partition coefficient (Wildman–Crippen LogP) is 4.21. The summed E-state index contributed by atoms with van der Waals surface area (Å²) in [6.45, 7) is 5.87. The lowest BCUT2D eigenvalue weighted by Crippen LogP contribution is -2.43. The van der Waals surface area contributed by atoms with E-state index >= 15 is 0 Å². The predicted molar refractivity (Wildman–Crippen MR) is 84.8 cm³/mol. The Morgan fingerprint density at radius 2 is 1.89 bits per heavy atom. The Kier molecular flexibility index (Phi) is 3.85. The van der Waals surface area contributed by atoms with Crippen LogP contribution in [0.3, 0.4) is 0 Å². The number of hydrogen-bond acceptors (Lipinski definition) is 3. The number of aliphatic imine (C=N–C) groups is 1. The summed E-state index contributed by atoms with van der Waals surface area (Å²) < 4.78 is 0. The minimum Gasteiger partial charge on any atom is -0.362 e. The number of amidine groups is 1. The Morgan fingerprint density at radius 3 is 2.47 bits per heavy atom. The Balaban J connectivity index is 1.59. The zero-order chi connectivity index (χ0) is 13.3. The molecule has 0 radical (unpaired) electrons. The molecule has 3 rings (SSSR count). The molecule has 0 aromatic carbocycles. The van der Waals surface area contributed by atoms with Crippen molar-refractivity contribution in [3.8, 4) is 0 Å². The molecule has 2 aliphatic carbocycles. The largest absolute Gasteiger partial charge is 0.362 e. The van der Waals surface area contributed by atoms with Gasteiger partial charge in [0.15, 0.2) is 5.17 Å². The molecule has 3 heteroatoms. The molecular formula is C16H28N2S. The maximum atomic E-state index is 4.90. The molecule has 1 N–H and O–H groups in total. The van der Waals surface area contributed by atoms with Crippen LogP contribution < -0.4 is 5.32 Å². The van der Waals surface area contributed by atoms with Gasteiger partial charge in [0.05, 0.1) is 0 Å². The number of rotatable bonds is 1. The highest BCUT2D eigenvalue weighted by Gasteiger charge is 2.38. The van der Waals surface area contributed by atoms with Gasteiger partial charge in [0.1, 0.15) is 0 Å². The quantitative estimate of drug-likeness (QED) is 0.778. The summed E-state index contributed by atoms with van der Waals surface area (Å²) in [5.74, 6) is 1.30. The first-order valence-electron chi connectivity index (χ1n) is 8.04. The van der Waals surface area contributed by atoms with E-state index in [9.17, 15) is 0 Å². The zero-order valence-electron chi connectivity index (χ0n) is 12.5. The van der Waals surface area contributed by atoms with Crippen LogP contribution in [0.15, 0.2) is 4.99 Å². The van der Waals surface area contributed by atoms with E-state index < -0.39 is 0 Å². The Bertz CT molecular complexity index is 356. The minimum absolute atomic E-state index is 0.447. The molecule has 0 saturated heterocycles. The smallest absolute Gasteiger partial charge is 0.156 e. The molecule has 0 aromatic rings. The van der Waals surface area contributed by atoms with Gasteiger partial charge in [0.2, 0.25) is 0 Å². The van der Waals surface area contributed by atoms with Gasteiger partial charge < -0.3 is 5.32 Å². The molecule has 2 saturated carbocycles. The van der Waals surface area contributed by atoms with Gasteiger partial charge >= 0.3 is 0 Å². The van der Waals surface area contributed by atoms with Crippen molar-refractivity contribution in [3.63, 3.8) is 0 Å². The van der Waals surface area contributed by atoms with Crippen LogP contribution in [0.2, 0.25) is 0 Å². The molecule has 1 unspecified atom stereocenters. The molecule has 2 nitrogen and oxygen atoms in total. The molecule has 0 bridgehead atoms. The van der Waals surface area contributed by atoms with E-state index in [1.165, 1.54) is 62.3 Å². The Labute approximate surface area is 122 Å². The van der Waals surface area contributed by atoms with Crippen molar-refractivity contribution in [2.24, 2.45) is 15.8 Å². The fourth-order valence-corrected chi connectivity index (χ4v) is 5.19. The summed E-state index contributed by atoms with van der Waals surface area (Å²) in [5.41, 5.74) is 1.00. The van der Waals surface area contributed by atoms with E-state index in [1.54, 1.807) is 0 Å². The second-order valence-electron chi connectivity index (χ2n) is 7.55. The van der Waals surface area contributed by atoms with Crippen molar-refractivity contribution >= 4 is 16.9 Å². The third-order valence-corrected chi connectivity index (χ3v) is 6.82. The van der Waals surface area contributed by atoms with Gasteiger partial charge in [-0.25, -0.2) is 0 Å². The van der Waals surface area contributed by atoms with Crippen molar-refractivity contribution in [2.45, 2.75) is 71.3 Å².